The van der Waals surface area contributed by atoms with Crippen LogP contribution in [0.3, 0.4) is 0 Å². The Bertz CT molecular complexity index is 636. The summed E-state index contributed by atoms with van der Waals surface area (Å²) < 4.78 is 19.1. The van der Waals surface area contributed by atoms with E-state index >= 15 is 0 Å². The molecule has 110 valence electrons. The Morgan fingerprint density at radius 2 is 1.76 bits per heavy atom. The predicted molar refractivity (Wildman–Crippen MR) is 81.8 cm³/mol. The third-order valence-electron chi connectivity index (χ3n) is 4.08. The van der Waals surface area contributed by atoms with Crippen LogP contribution in [0.1, 0.15) is 44.0 Å². The van der Waals surface area contributed by atoms with Gasteiger partial charge in [0.2, 0.25) is 0 Å². The smallest absolute Gasteiger partial charge is 0.125 e. The molecular weight excluding hydrogens is 265 g/mol. The van der Waals surface area contributed by atoms with Gasteiger partial charge in [-0.15, -0.1) is 0 Å². The highest BCUT2D eigenvalue weighted by Gasteiger charge is 2.41. The first-order chi connectivity index (χ1) is 9.97. The van der Waals surface area contributed by atoms with E-state index in [1.54, 1.807) is 0 Å². The van der Waals surface area contributed by atoms with Gasteiger partial charge >= 0.3 is 0 Å². The zero-order chi connectivity index (χ0) is 15.0. The van der Waals surface area contributed by atoms with Crippen molar-refractivity contribution in [1.29, 1.82) is 0 Å². The lowest BCUT2D eigenvalue weighted by Crippen LogP contribution is -2.40. The second kappa shape index (κ2) is 5.15. The molecule has 1 heterocycles. The lowest BCUT2D eigenvalue weighted by atomic mass is 9.93. The van der Waals surface area contributed by atoms with Crippen LogP contribution in [-0.2, 0) is 0 Å². The molecule has 21 heavy (non-hydrogen) atoms. The van der Waals surface area contributed by atoms with Gasteiger partial charge in [-0.3, -0.25) is 5.32 Å². The standard InChI is InChI=1S/C18H20FNO/c1-12(13-8-10-14(19)11-9-13)20-17-15-6-4-5-7-16(15)21-18(17,2)3/h4-12,17,20H,1-3H3/t12-,17?/m1/s1. The molecule has 0 saturated heterocycles. The summed E-state index contributed by atoms with van der Waals surface area (Å²) in [5.74, 6) is 0.729. The van der Waals surface area contributed by atoms with Crippen molar-refractivity contribution in [3.63, 3.8) is 0 Å². The SMILES string of the molecule is C[C@@H](NC1c2ccccc2OC1(C)C)c1ccc(F)cc1. The number of ether oxygens (including phenoxy) is 1. The van der Waals surface area contributed by atoms with Crippen LogP contribution in [0.5, 0.6) is 5.75 Å². The summed E-state index contributed by atoms with van der Waals surface area (Å²) in [6.07, 6.45) is 0. The molecule has 2 aromatic rings. The van der Waals surface area contributed by atoms with Gasteiger partial charge < -0.3 is 4.74 Å². The van der Waals surface area contributed by atoms with Gasteiger partial charge in [0.15, 0.2) is 0 Å². The second-order valence-corrected chi connectivity index (χ2v) is 6.12. The van der Waals surface area contributed by atoms with E-state index in [0.29, 0.717) is 0 Å². The number of nitrogens with one attached hydrogen (secondary N) is 1. The Kier molecular flexibility index (Phi) is 3.46. The molecule has 0 radical (unpaired) electrons. The molecule has 0 spiro atoms. The number of hydrogen-bond acceptors (Lipinski definition) is 2. The summed E-state index contributed by atoms with van der Waals surface area (Å²) in [6, 6.07) is 15.0. The Morgan fingerprint density at radius 3 is 2.48 bits per heavy atom. The Labute approximate surface area is 125 Å². The fourth-order valence-electron chi connectivity index (χ4n) is 2.92. The van der Waals surface area contributed by atoms with E-state index in [9.17, 15) is 4.39 Å². The zero-order valence-corrected chi connectivity index (χ0v) is 12.6. The summed E-state index contributed by atoms with van der Waals surface area (Å²) in [5.41, 5.74) is 1.94. The average molecular weight is 285 g/mol. The number of para-hydroxylation sites is 1. The van der Waals surface area contributed by atoms with Crippen LogP contribution in [0, 0.1) is 5.82 Å². The van der Waals surface area contributed by atoms with Gasteiger partial charge in [-0.1, -0.05) is 30.3 Å². The van der Waals surface area contributed by atoms with E-state index in [-0.39, 0.29) is 23.5 Å². The van der Waals surface area contributed by atoms with Crippen molar-refractivity contribution < 1.29 is 9.13 Å². The van der Waals surface area contributed by atoms with Gasteiger partial charge in [0.1, 0.15) is 17.2 Å². The molecule has 2 aromatic carbocycles. The maximum atomic E-state index is 13.0. The van der Waals surface area contributed by atoms with Crippen molar-refractivity contribution in [3.8, 4) is 5.75 Å². The molecule has 2 nitrogen and oxygen atoms in total. The molecule has 0 aliphatic carbocycles. The molecule has 1 aliphatic heterocycles. The van der Waals surface area contributed by atoms with Crippen LogP contribution < -0.4 is 10.1 Å². The molecule has 0 saturated carbocycles. The van der Waals surface area contributed by atoms with Crippen LogP contribution in [0.2, 0.25) is 0 Å². The van der Waals surface area contributed by atoms with E-state index in [1.165, 1.54) is 17.7 Å². The first kappa shape index (κ1) is 14.1. The van der Waals surface area contributed by atoms with Gasteiger partial charge in [0, 0.05) is 11.6 Å². The lowest BCUT2D eigenvalue weighted by molar-refractivity contribution is 0.0919. The summed E-state index contributed by atoms with van der Waals surface area (Å²) >= 11 is 0. The van der Waals surface area contributed by atoms with Crippen LogP contribution in [0.25, 0.3) is 0 Å². The quantitative estimate of drug-likeness (QED) is 0.903. The van der Waals surface area contributed by atoms with E-state index in [0.717, 1.165) is 11.3 Å². The molecule has 0 amide bonds. The topological polar surface area (TPSA) is 21.3 Å². The number of halogens is 1. The van der Waals surface area contributed by atoms with Crippen LogP contribution in [-0.4, -0.2) is 5.60 Å². The summed E-state index contributed by atoms with van der Waals surface area (Å²) in [6.45, 7) is 6.26. The first-order valence-electron chi connectivity index (χ1n) is 7.27. The number of fused-ring (bicyclic) bond motifs is 1. The molecule has 1 N–H and O–H groups in total. The molecule has 0 fully saturated rings. The summed E-state index contributed by atoms with van der Waals surface area (Å²) in [4.78, 5) is 0. The molecule has 0 bridgehead atoms. The van der Waals surface area contributed by atoms with E-state index in [1.807, 2.05) is 30.3 Å². The van der Waals surface area contributed by atoms with Gasteiger partial charge in [0.05, 0.1) is 6.04 Å². The Balaban J connectivity index is 1.85. The maximum absolute atomic E-state index is 13.0. The first-order valence-corrected chi connectivity index (χ1v) is 7.27. The summed E-state index contributed by atoms with van der Waals surface area (Å²) in [7, 11) is 0. The van der Waals surface area contributed by atoms with E-state index in [4.69, 9.17) is 4.74 Å². The number of benzene rings is 2. The molecule has 1 unspecified atom stereocenters. The average Bonchev–Trinajstić information content (AvgIpc) is 2.70. The second-order valence-electron chi connectivity index (χ2n) is 6.12. The Hall–Kier alpha value is -1.87. The van der Waals surface area contributed by atoms with Crippen molar-refractivity contribution in [2.45, 2.75) is 38.5 Å². The van der Waals surface area contributed by atoms with Crippen molar-refractivity contribution >= 4 is 0 Å². The highest BCUT2D eigenvalue weighted by Crippen LogP contribution is 2.43. The van der Waals surface area contributed by atoms with Crippen molar-refractivity contribution in [2.75, 3.05) is 0 Å². The molecule has 2 atom stereocenters. The van der Waals surface area contributed by atoms with Crippen molar-refractivity contribution in [1.82, 2.24) is 5.32 Å². The fourth-order valence-corrected chi connectivity index (χ4v) is 2.92. The third-order valence-corrected chi connectivity index (χ3v) is 4.08. The Morgan fingerprint density at radius 1 is 1.10 bits per heavy atom. The minimum Gasteiger partial charge on any atom is -0.486 e. The number of rotatable bonds is 3. The molecular formula is C18H20FNO. The molecule has 3 rings (SSSR count). The highest BCUT2D eigenvalue weighted by atomic mass is 19.1. The number of hydrogen-bond donors (Lipinski definition) is 1. The lowest BCUT2D eigenvalue weighted by Gasteiger charge is -2.30. The summed E-state index contributed by atoms with van der Waals surface area (Å²) in [5, 5.41) is 3.61. The van der Waals surface area contributed by atoms with Crippen molar-refractivity contribution in [2.24, 2.45) is 0 Å². The van der Waals surface area contributed by atoms with Crippen LogP contribution >= 0.6 is 0 Å². The zero-order valence-electron chi connectivity index (χ0n) is 12.6. The van der Waals surface area contributed by atoms with Gasteiger partial charge in [-0.05, 0) is 44.5 Å². The minimum atomic E-state index is -0.308. The van der Waals surface area contributed by atoms with Gasteiger partial charge in [-0.25, -0.2) is 4.39 Å². The molecule has 0 aromatic heterocycles. The van der Waals surface area contributed by atoms with E-state index < -0.39 is 0 Å². The normalized spacial score (nSPS) is 20.7. The van der Waals surface area contributed by atoms with Crippen molar-refractivity contribution in [3.05, 3.63) is 65.5 Å². The van der Waals surface area contributed by atoms with Crippen LogP contribution in [0.15, 0.2) is 48.5 Å². The highest BCUT2D eigenvalue weighted by molar-refractivity contribution is 5.42. The largest absolute Gasteiger partial charge is 0.486 e. The van der Waals surface area contributed by atoms with Gasteiger partial charge in [-0.2, -0.15) is 0 Å². The molecule has 3 heteroatoms. The van der Waals surface area contributed by atoms with E-state index in [2.05, 4.69) is 32.2 Å². The fraction of sp³-hybridized carbons (Fsp3) is 0.333. The minimum absolute atomic E-state index is 0.105. The monoisotopic (exact) mass is 285 g/mol. The third kappa shape index (κ3) is 2.66. The van der Waals surface area contributed by atoms with Gasteiger partial charge in [0.25, 0.3) is 0 Å². The molecule has 1 aliphatic rings. The predicted octanol–water partition coefficient (Wildman–Crippen LogP) is 4.39. The van der Waals surface area contributed by atoms with Crippen LogP contribution in [0.4, 0.5) is 4.39 Å². The maximum Gasteiger partial charge on any atom is 0.125 e.